The van der Waals surface area contributed by atoms with Gasteiger partial charge in [0.2, 0.25) is 0 Å². The molecule has 1 fully saturated rings. The Morgan fingerprint density at radius 1 is 1.33 bits per heavy atom. The Morgan fingerprint density at radius 2 is 2.05 bits per heavy atom. The molecule has 2 aromatic rings. The molecule has 0 aromatic carbocycles. The molecule has 0 aliphatic heterocycles. The molecule has 21 heavy (non-hydrogen) atoms. The lowest BCUT2D eigenvalue weighted by atomic mass is 9.81. The number of hydrogen-bond acceptors (Lipinski definition) is 3. The van der Waals surface area contributed by atoms with Crippen molar-refractivity contribution in [2.75, 3.05) is 5.32 Å². The number of alkyl halides is 2. The van der Waals surface area contributed by atoms with Crippen LogP contribution in [0, 0.1) is 0 Å². The van der Waals surface area contributed by atoms with E-state index in [9.17, 15) is 13.6 Å². The summed E-state index contributed by atoms with van der Waals surface area (Å²) in [5, 5.41) is 8.67. The zero-order valence-electron chi connectivity index (χ0n) is 11.1. The van der Waals surface area contributed by atoms with Gasteiger partial charge in [-0.3, -0.25) is 14.9 Å². The number of halogens is 2. The summed E-state index contributed by atoms with van der Waals surface area (Å²) >= 11 is 0. The fourth-order valence-electron chi connectivity index (χ4n) is 2.31. The van der Waals surface area contributed by atoms with Crippen molar-refractivity contribution in [2.45, 2.75) is 31.1 Å². The maximum absolute atomic E-state index is 14.1. The van der Waals surface area contributed by atoms with Gasteiger partial charge in [0.15, 0.2) is 0 Å². The van der Waals surface area contributed by atoms with Gasteiger partial charge < -0.3 is 5.32 Å². The standard InChI is InChI=1S/C14H14F2N4O/c15-14(16,10-4-6-17-7-5-10)13(21)19-12-11(8-18-20-12)9-2-1-3-9/h4-9H,1-3H2,(H2,18,19,20,21). The highest BCUT2D eigenvalue weighted by Gasteiger charge is 2.41. The molecule has 0 spiro atoms. The van der Waals surface area contributed by atoms with Crippen LogP contribution in [0.15, 0.2) is 30.7 Å². The predicted octanol–water partition coefficient (Wildman–Crippen LogP) is 2.80. The number of H-pyrrole nitrogens is 1. The number of amides is 1. The number of carbonyl (C=O) groups is 1. The summed E-state index contributed by atoms with van der Waals surface area (Å²) in [6.45, 7) is 0. The third-order valence-electron chi connectivity index (χ3n) is 3.78. The van der Waals surface area contributed by atoms with Crippen molar-refractivity contribution in [3.63, 3.8) is 0 Å². The molecule has 2 aromatic heterocycles. The van der Waals surface area contributed by atoms with Gasteiger partial charge in [0.25, 0.3) is 0 Å². The zero-order chi connectivity index (χ0) is 14.9. The van der Waals surface area contributed by atoms with E-state index >= 15 is 0 Å². The van der Waals surface area contributed by atoms with Crippen LogP contribution in [0.2, 0.25) is 0 Å². The number of aromatic nitrogens is 3. The molecular weight excluding hydrogens is 278 g/mol. The Hall–Kier alpha value is -2.31. The molecule has 0 atom stereocenters. The van der Waals surface area contributed by atoms with E-state index in [2.05, 4.69) is 20.5 Å². The summed E-state index contributed by atoms with van der Waals surface area (Å²) in [5.41, 5.74) is 0.403. The lowest BCUT2D eigenvalue weighted by molar-refractivity contribution is -0.141. The molecule has 2 N–H and O–H groups in total. The fraction of sp³-hybridized carbons (Fsp3) is 0.357. The molecular formula is C14H14F2N4O. The first-order valence-electron chi connectivity index (χ1n) is 6.72. The highest BCUT2D eigenvalue weighted by molar-refractivity contribution is 5.96. The third-order valence-corrected chi connectivity index (χ3v) is 3.78. The topological polar surface area (TPSA) is 70.7 Å². The first kappa shape index (κ1) is 13.7. The molecule has 0 bridgehead atoms. The molecule has 2 heterocycles. The Kier molecular flexibility index (Phi) is 3.40. The summed E-state index contributed by atoms with van der Waals surface area (Å²) in [5.74, 6) is -4.45. The quantitative estimate of drug-likeness (QED) is 0.910. The van der Waals surface area contributed by atoms with Gasteiger partial charge in [-0.2, -0.15) is 13.9 Å². The minimum absolute atomic E-state index is 0.262. The molecule has 110 valence electrons. The van der Waals surface area contributed by atoms with Gasteiger partial charge >= 0.3 is 11.8 Å². The number of aromatic amines is 1. The number of anilines is 1. The second-order valence-corrected chi connectivity index (χ2v) is 5.09. The largest absolute Gasteiger partial charge is 0.350 e. The van der Waals surface area contributed by atoms with E-state index in [1.165, 1.54) is 12.4 Å². The molecule has 7 heteroatoms. The average Bonchev–Trinajstić information content (AvgIpc) is 2.86. The lowest BCUT2D eigenvalue weighted by Crippen LogP contribution is -2.33. The van der Waals surface area contributed by atoms with Gasteiger partial charge in [0.1, 0.15) is 5.82 Å². The van der Waals surface area contributed by atoms with E-state index in [0.717, 1.165) is 37.0 Å². The van der Waals surface area contributed by atoms with Crippen LogP contribution in [0.5, 0.6) is 0 Å². The van der Waals surface area contributed by atoms with Crippen LogP contribution >= 0.6 is 0 Å². The number of rotatable bonds is 4. The molecule has 0 saturated heterocycles. The van der Waals surface area contributed by atoms with Crippen molar-refractivity contribution < 1.29 is 13.6 Å². The van der Waals surface area contributed by atoms with Crippen LogP contribution < -0.4 is 5.32 Å². The predicted molar refractivity (Wildman–Crippen MR) is 71.9 cm³/mol. The lowest BCUT2D eigenvalue weighted by Gasteiger charge is -2.25. The van der Waals surface area contributed by atoms with Crippen LogP contribution in [0.4, 0.5) is 14.6 Å². The Labute approximate surface area is 119 Å². The monoisotopic (exact) mass is 292 g/mol. The molecule has 1 amide bonds. The summed E-state index contributed by atoms with van der Waals surface area (Å²) in [4.78, 5) is 15.6. The Morgan fingerprint density at radius 3 is 2.67 bits per heavy atom. The summed E-state index contributed by atoms with van der Waals surface area (Å²) in [7, 11) is 0. The summed E-state index contributed by atoms with van der Waals surface area (Å²) < 4.78 is 28.2. The number of nitrogens with one attached hydrogen (secondary N) is 2. The number of carbonyl (C=O) groups excluding carboxylic acids is 1. The van der Waals surface area contributed by atoms with Crippen LogP contribution in [0.25, 0.3) is 0 Å². The van der Waals surface area contributed by atoms with E-state index in [4.69, 9.17) is 0 Å². The maximum atomic E-state index is 14.1. The molecule has 0 radical (unpaired) electrons. The average molecular weight is 292 g/mol. The van der Waals surface area contributed by atoms with Gasteiger partial charge in [-0.1, -0.05) is 6.42 Å². The maximum Gasteiger partial charge on any atom is 0.350 e. The van der Waals surface area contributed by atoms with Gasteiger partial charge in [-0.25, -0.2) is 0 Å². The third kappa shape index (κ3) is 2.51. The first-order valence-corrected chi connectivity index (χ1v) is 6.72. The van der Waals surface area contributed by atoms with Crippen LogP contribution in [0.1, 0.15) is 36.3 Å². The number of hydrogen-bond donors (Lipinski definition) is 2. The van der Waals surface area contributed by atoms with Gasteiger partial charge in [-0.15, -0.1) is 0 Å². The molecule has 1 aliphatic rings. The second-order valence-electron chi connectivity index (χ2n) is 5.09. The highest BCUT2D eigenvalue weighted by atomic mass is 19.3. The summed E-state index contributed by atoms with van der Waals surface area (Å²) in [6, 6.07) is 2.25. The highest BCUT2D eigenvalue weighted by Crippen LogP contribution is 2.39. The molecule has 1 aliphatic carbocycles. The SMILES string of the molecule is O=C(Nc1[nH]ncc1C1CCC1)C(F)(F)c1ccncc1. The molecule has 5 nitrogen and oxygen atoms in total. The molecule has 0 unspecified atom stereocenters. The normalized spacial score (nSPS) is 15.5. The van der Waals surface area contributed by atoms with Crippen LogP contribution in [-0.2, 0) is 10.7 Å². The molecule has 3 rings (SSSR count). The Bertz CT molecular complexity index is 637. The van der Waals surface area contributed by atoms with Gasteiger partial charge in [-0.05, 0) is 30.9 Å². The van der Waals surface area contributed by atoms with Crippen molar-refractivity contribution in [1.82, 2.24) is 15.2 Å². The van der Waals surface area contributed by atoms with E-state index in [1.807, 2.05) is 0 Å². The van der Waals surface area contributed by atoms with Crippen molar-refractivity contribution in [3.05, 3.63) is 41.9 Å². The molecule has 1 saturated carbocycles. The minimum Gasteiger partial charge on any atom is -0.305 e. The smallest absolute Gasteiger partial charge is 0.305 e. The van der Waals surface area contributed by atoms with E-state index in [1.54, 1.807) is 6.20 Å². The van der Waals surface area contributed by atoms with Crippen molar-refractivity contribution in [3.8, 4) is 0 Å². The van der Waals surface area contributed by atoms with Crippen molar-refractivity contribution >= 4 is 11.7 Å². The Balaban J connectivity index is 1.78. The van der Waals surface area contributed by atoms with Gasteiger partial charge in [0.05, 0.1) is 6.20 Å². The first-order chi connectivity index (χ1) is 10.1. The van der Waals surface area contributed by atoms with Crippen LogP contribution in [0.3, 0.4) is 0 Å². The minimum atomic E-state index is -3.62. The summed E-state index contributed by atoms with van der Waals surface area (Å²) in [6.07, 6.45) is 7.13. The van der Waals surface area contributed by atoms with Gasteiger partial charge in [0, 0.05) is 23.5 Å². The van der Waals surface area contributed by atoms with E-state index < -0.39 is 11.8 Å². The number of pyridine rings is 1. The van der Waals surface area contributed by atoms with E-state index in [-0.39, 0.29) is 17.3 Å². The van der Waals surface area contributed by atoms with E-state index in [0.29, 0.717) is 0 Å². The van der Waals surface area contributed by atoms with Crippen molar-refractivity contribution in [2.24, 2.45) is 0 Å². The fourth-order valence-corrected chi connectivity index (χ4v) is 2.31. The number of nitrogens with zero attached hydrogens (tertiary/aromatic N) is 2. The van der Waals surface area contributed by atoms with Crippen LogP contribution in [-0.4, -0.2) is 21.1 Å². The zero-order valence-corrected chi connectivity index (χ0v) is 11.1. The second kappa shape index (κ2) is 5.23. The van der Waals surface area contributed by atoms with Crippen molar-refractivity contribution in [1.29, 1.82) is 0 Å².